The van der Waals surface area contributed by atoms with Gasteiger partial charge in [0.25, 0.3) is 11.5 Å². The molecule has 1 fully saturated rings. The Balaban J connectivity index is 1.68. The molecule has 0 unspecified atom stereocenters. The van der Waals surface area contributed by atoms with Crippen LogP contribution in [-0.2, 0) is 4.74 Å². The fraction of sp³-hybridized carbons (Fsp3) is 0.333. The van der Waals surface area contributed by atoms with Crippen molar-refractivity contribution in [1.29, 1.82) is 0 Å². The van der Waals surface area contributed by atoms with Crippen molar-refractivity contribution >= 4 is 5.91 Å². The van der Waals surface area contributed by atoms with Gasteiger partial charge in [0.05, 0.1) is 6.10 Å². The van der Waals surface area contributed by atoms with Crippen molar-refractivity contribution in [2.24, 2.45) is 5.92 Å². The highest BCUT2D eigenvalue weighted by Crippen LogP contribution is 2.33. The average molecular weight is 312 g/mol. The van der Waals surface area contributed by atoms with Gasteiger partial charge in [0, 0.05) is 25.3 Å². The van der Waals surface area contributed by atoms with E-state index in [2.05, 4.69) is 10.3 Å². The third kappa shape index (κ3) is 3.35. The number of pyridine rings is 1. The topological polar surface area (TPSA) is 71.2 Å². The number of aromatic nitrogens is 1. The molecule has 1 saturated heterocycles. The van der Waals surface area contributed by atoms with Crippen molar-refractivity contribution in [3.63, 3.8) is 0 Å². The Hall–Kier alpha value is -2.40. The maximum absolute atomic E-state index is 12.3. The van der Waals surface area contributed by atoms with Crippen molar-refractivity contribution in [3.8, 4) is 0 Å². The highest BCUT2D eigenvalue weighted by atomic mass is 16.5. The van der Waals surface area contributed by atoms with Gasteiger partial charge in [0.15, 0.2) is 0 Å². The molecule has 1 amide bonds. The maximum Gasteiger partial charge on any atom is 0.261 e. The minimum Gasteiger partial charge on any atom is -0.373 e. The number of rotatable bonds is 4. The van der Waals surface area contributed by atoms with Crippen LogP contribution in [0.4, 0.5) is 0 Å². The third-order valence-electron chi connectivity index (χ3n) is 4.26. The number of aryl methyl sites for hydroxylation is 1. The van der Waals surface area contributed by atoms with E-state index in [0.717, 1.165) is 12.0 Å². The molecule has 1 aliphatic heterocycles. The van der Waals surface area contributed by atoms with E-state index in [1.165, 1.54) is 0 Å². The second kappa shape index (κ2) is 6.79. The SMILES string of the molecule is Cc1cc[nH]c(=O)c1C(=O)NC[C@H]1CCO[C@@H]1c1ccccc1. The zero-order valence-corrected chi connectivity index (χ0v) is 13.0. The van der Waals surface area contributed by atoms with E-state index in [9.17, 15) is 9.59 Å². The lowest BCUT2D eigenvalue weighted by Gasteiger charge is -2.19. The number of carbonyl (C=O) groups excluding carboxylic acids is 1. The lowest BCUT2D eigenvalue weighted by Crippen LogP contribution is -2.34. The minimum absolute atomic E-state index is 0.00773. The van der Waals surface area contributed by atoms with E-state index in [-0.39, 0.29) is 29.1 Å². The molecule has 5 heteroatoms. The van der Waals surface area contributed by atoms with Crippen molar-refractivity contribution in [2.75, 3.05) is 13.2 Å². The summed E-state index contributed by atoms with van der Waals surface area (Å²) >= 11 is 0. The molecule has 1 aliphatic rings. The number of ether oxygens (including phenoxy) is 1. The maximum atomic E-state index is 12.3. The van der Waals surface area contributed by atoms with Crippen LogP contribution in [0, 0.1) is 12.8 Å². The van der Waals surface area contributed by atoms with Gasteiger partial charge in [0.1, 0.15) is 5.56 Å². The smallest absolute Gasteiger partial charge is 0.261 e. The first-order chi connectivity index (χ1) is 11.2. The van der Waals surface area contributed by atoms with Gasteiger partial charge in [-0.2, -0.15) is 0 Å². The van der Waals surface area contributed by atoms with Crippen molar-refractivity contribution in [3.05, 3.63) is 69.6 Å². The summed E-state index contributed by atoms with van der Waals surface area (Å²) in [6.07, 6.45) is 2.43. The first-order valence-corrected chi connectivity index (χ1v) is 7.80. The van der Waals surface area contributed by atoms with Gasteiger partial charge in [-0.05, 0) is 30.5 Å². The summed E-state index contributed by atoms with van der Waals surface area (Å²) in [5.41, 5.74) is 1.62. The minimum atomic E-state index is -0.357. The largest absolute Gasteiger partial charge is 0.373 e. The van der Waals surface area contributed by atoms with E-state index in [4.69, 9.17) is 4.74 Å². The zero-order chi connectivity index (χ0) is 16.2. The molecule has 2 atom stereocenters. The van der Waals surface area contributed by atoms with Crippen LogP contribution in [0.1, 0.15) is 34.0 Å². The van der Waals surface area contributed by atoms with E-state index >= 15 is 0 Å². The lowest BCUT2D eigenvalue weighted by molar-refractivity contribution is 0.0845. The monoisotopic (exact) mass is 312 g/mol. The number of hydrogen-bond donors (Lipinski definition) is 2. The summed E-state index contributed by atoms with van der Waals surface area (Å²) in [4.78, 5) is 26.7. The Morgan fingerprint density at radius 2 is 2.09 bits per heavy atom. The molecule has 3 rings (SSSR count). The van der Waals surface area contributed by atoms with Crippen LogP contribution in [-0.4, -0.2) is 24.0 Å². The molecule has 0 spiro atoms. The second-order valence-corrected chi connectivity index (χ2v) is 5.83. The van der Waals surface area contributed by atoms with Gasteiger partial charge >= 0.3 is 0 Å². The number of nitrogens with one attached hydrogen (secondary N) is 2. The predicted molar refractivity (Wildman–Crippen MR) is 87.4 cm³/mol. The highest BCUT2D eigenvalue weighted by Gasteiger charge is 2.30. The Bertz CT molecular complexity index is 739. The molecule has 5 nitrogen and oxygen atoms in total. The fourth-order valence-electron chi connectivity index (χ4n) is 3.03. The summed E-state index contributed by atoms with van der Waals surface area (Å²) in [6.45, 7) is 2.94. The second-order valence-electron chi connectivity index (χ2n) is 5.83. The number of amides is 1. The Morgan fingerprint density at radius 3 is 2.83 bits per heavy atom. The quantitative estimate of drug-likeness (QED) is 0.909. The number of H-pyrrole nitrogens is 1. The molecule has 2 heterocycles. The van der Waals surface area contributed by atoms with Crippen LogP contribution >= 0.6 is 0 Å². The van der Waals surface area contributed by atoms with E-state index in [0.29, 0.717) is 18.7 Å². The van der Waals surface area contributed by atoms with Gasteiger partial charge in [-0.3, -0.25) is 9.59 Å². The van der Waals surface area contributed by atoms with Crippen LogP contribution in [0.15, 0.2) is 47.4 Å². The Kier molecular flexibility index (Phi) is 4.57. The summed E-state index contributed by atoms with van der Waals surface area (Å²) in [6, 6.07) is 11.7. The molecular formula is C18H20N2O3. The van der Waals surface area contributed by atoms with Crippen molar-refractivity contribution < 1.29 is 9.53 Å². The summed E-state index contributed by atoms with van der Waals surface area (Å²) in [5.74, 6) is -0.118. The van der Waals surface area contributed by atoms with Crippen molar-refractivity contribution in [2.45, 2.75) is 19.4 Å². The summed E-state index contributed by atoms with van der Waals surface area (Å²) in [5, 5.41) is 2.88. The first-order valence-electron chi connectivity index (χ1n) is 7.80. The summed E-state index contributed by atoms with van der Waals surface area (Å²) in [7, 11) is 0. The summed E-state index contributed by atoms with van der Waals surface area (Å²) < 4.78 is 5.82. The number of carbonyl (C=O) groups is 1. The zero-order valence-electron chi connectivity index (χ0n) is 13.0. The molecule has 0 bridgehead atoms. The van der Waals surface area contributed by atoms with Crippen LogP contribution in [0.25, 0.3) is 0 Å². The molecule has 120 valence electrons. The van der Waals surface area contributed by atoms with Gasteiger partial charge in [-0.1, -0.05) is 30.3 Å². The van der Waals surface area contributed by atoms with Crippen LogP contribution < -0.4 is 10.9 Å². The molecule has 0 saturated carbocycles. The molecule has 0 aliphatic carbocycles. The average Bonchev–Trinajstić information content (AvgIpc) is 3.02. The van der Waals surface area contributed by atoms with Gasteiger partial charge in [-0.15, -0.1) is 0 Å². The lowest BCUT2D eigenvalue weighted by atomic mass is 9.95. The molecule has 2 aromatic rings. The molecule has 0 radical (unpaired) electrons. The van der Waals surface area contributed by atoms with Crippen LogP contribution in [0.3, 0.4) is 0 Å². The van der Waals surface area contributed by atoms with Crippen LogP contribution in [0.2, 0.25) is 0 Å². The molecular weight excluding hydrogens is 292 g/mol. The molecule has 1 aromatic heterocycles. The van der Waals surface area contributed by atoms with E-state index < -0.39 is 0 Å². The van der Waals surface area contributed by atoms with Gasteiger partial charge < -0.3 is 15.0 Å². The van der Waals surface area contributed by atoms with E-state index in [1.807, 2.05) is 30.3 Å². The van der Waals surface area contributed by atoms with Gasteiger partial charge in [0.2, 0.25) is 0 Å². The van der Waals surface area contributed by atoms with E-state index in [1.54, 1.807) is 19.2 Å². The van der Waals surface area contributed by atoms with Gasteiger partial charge in [-0.25, -0.2) is 0 Å². The first kappa shape index (κ1) is 15.5. The number of benzene rings is 1. The Morgan fingerprint density at radius 1 is 1.30 bits per heavy atom. The third-order valence-corrected chi connectivity index (χ3v) is 4.26. The molecule has 2 N–H and O–H groups in total. The Labute approximate surface area is 134 Å². The highest BCUT2D eigenvalue weighted by molar-refractivity contribution is 5.95. The normalized spacial score (nSPS) is 20.4. The van der Waals surface area contributed by atoms with Crippen molar-refractivity contribution in [1.82, 2.24) is 10.3 Å². The van der Waals surface area contributed by atoms with Crippen LogP contribution in [0.5, 0.6) is 0 Å². The number of aromatic amines is 1. The molecule has 23 heavy (non-hydrogen) atoms. The molecule has 1 aromatic carbocycles. The fourth-order valence-corrected chi connectivity index (χ4v) is 3.03. The predicted octanol–water partition coefficient (Wildman–Crippen LogP) is 2.19. The standard InChI is InChI=1S/C18H20N2O3/c1-12-7-9-19-17(21)15(12)18(22)20-11-14-8-10-23-16(14)13-5-3-2-4-6-13/h2-7,9,14,16H,8,10-11H2,1H3,(H,19,21)(H,20,22)/t14-,16-/m1/s1. The number of hydrogen-bond acceptors (Lipinski definition) is 3.